The summed E-state index contributed by atoms with van der Waals surface area (Å²) in [4.78, 5) is 55.6. The quantitative estimate of drug-likeness (QED) is 0.0667. The van der Waals surface area contributed by atoms with Gasteiger partial charge in [-0.1, -0.05) is 67.5 Å². The topological polar surface area (TPSA) is 243 Å². The van der Waals surface area contributed by atoms with E-state index in [1.54, 1.807) is 47.9 Å². The van der Waals surface area contributed by atoms with Gasteiger partial charge in [-0.3, -0.25) is 25.2 Å². The first kappa shape index (κ1) is 54.6. The van der Waals surface area contributed by atoms with Gasteiger partial charge >= 0.3 is 5.82 Å². The van der Waals surface area contributed by atoms with E-state index in [4.69, 9.17) is 23.7 Å². The number of ketones is 1. The second-order valence-electron chi connectivity index (χ2n) is 21.9. The van der Waals surface area contributed by atoms with Crippen LogP contribution in [0.4, 0.5) is 5.82 Å². The molecule has 0 bridgehead atoms. The van der Waals surface area contributed by atoms with E-state index in [0.717, 1.165) is 12.0 Å². The van der Waals surface area contributed by atoms with E-state index in [9.17, 15) is 39.8 Å². The molecule has 5 aliphatic rings. The molecule has 2 aromatic rings. The second-order valence-corrected chi connectivity index (χ2v) is 21.9. The van der Waals surface area contributed by atoms with Crippen LogP contribution in [0.1, 0.15) is 149 Å². The summed E-state index contributed by atoms with van der Waals surface area (Å²) < 4.78 is 35.5. The van der Waals surface area contributed by atoms with Gasteiger partial charge in [0.05, 0.1) is 60.3 Å². The first-order valence-corrected chi connectivity index (χ1v) is 26.1. The molecule has 18 nitrogen and oxygen atoms in total. The molecule has 5 aliphatic heterocycles. The maximum atomic E-state index is 14.7. The standard InChI is InChI=1S/C53H79N5O13/c1-11-38(49(63)56-55-48(62)37-17-15-36(16-18-37)27-57-28-43(54-29-57)58(65)66)40-19-14-30(4)46(68-40)34(8)44(60)33(7)45(61)39(12-2)47-31(5)26-32(6)52(69-47)23-20-41(59)53(71-52)25-24-50(10,70-53)42-21-22-51(64,13-3)35(9)67-42/h15-18,20,23,28-35,38-42,44,46-47,59-60,64H,11-14,19,21-22,24-27H2,1-10H3,(H,55,62)(H,56,63)/t30?,31-,32+,33-,34-,35-,38+,39-,40+,41+,42+,44+,46+,47-,50-,51+,52-,53-/m0/s1. The van der Waals surface area contributed by atoms with E-state index in [1.807, 2.05) is 41.5 Å². The van der Waals surface area contributed by atoms with Crippen molar-refractivity contribution in [2.24, 2.45) is 41.4 Å². The molecule has 0 saturated carbocycles. The zero-order chi connectivity index (χ0) is 51.8. The number of imidazole rings is 1. The first-order valence-electron chi connectivity index (χ1n) is 26.1. The minimum Gasteiger partial charge on any atom is -0.392 e. The third-order valence-corrected chi connectivity index (χ3v) is 17.2. The van der Waals surface area contributed by atoms with Crippen molar-refractivity contribution < 1.29 is 58.3 Å². The molecule has 18 atom stereocenters. The molecule has 4 fully saturated rings. The van der Waals surface area contributed by atoms with Crippen LogP contribution in [0.25, 0.3) is 0 Å². The van der Waals surface area contributed by atoms with Crippen LogP contribution in [0.2, 0.25) is 0 Å². The fourth-order valence-electron chi connectivity index (χ4n) is 12.3. The number of benzene rings is 1. The van der Waals surface area contributed by atoms with Gasteiger partial charge < -0.3 is 53.7 Å². The zero-order valence-electron chi connectivity index (χ0n) is 43.2. The second kappa shape index (κ2) is 21.8. The Balaban J connectivity index is 0.960. The Morgan fingerprint density at radius 1 is 0.930 bits per heavy atom. The average molecular weight is 994 g/mol. The van der Waals surface area contributed by atoms with Crippen molar-refractivity contribution in [1.29, 1.82) is 0 Å². The number of hydrogen-bond donors (Lipinski definition) is 5. The third kappa shape index (κ3) is 11.1. The number of nitrogens with one attached hydrogen (secondary N) is 2. The van der Waals surface area contributed by atoms with Crippen LogP contribution in [0.15, 0.2) is 48.9 Å². The number of aliphatic hydroxyl groups is 3. The molecule has 2 amide bonds. The monoisotopic (exact) mass is 994 g/mol. The Morgan fingerprint density at radius 3 is 2.27 bits per heavy atom. The molecule has 1 aromatic heterocycles. The minimum absolute atomic E-state index is 0.0283. The number of nitrogens with zero attached hydrogens (tertiary/aromatic N) is 3. The number of rotatable bonds is 16. The highest BCUT2D eigenvalue weighted by Crippen LogP contribution is 2.54. The van der Waals surface area contributed by atoms with Gasteiger partial charge in [-0.05, 0) is 123 Å². The van der Waals surface area contributed by atoms with Crippen molar-refractivity contribution in [3.8, 4) is 0 Å². The zero-order valence-corrected chi connectivity index (χ0v) is 43.2. The molecule has 1 unspecified atom stereocenters. The Hall–Kier alpha value is -4.14. The Bertz CT molecular complexity index is 2240. The van der Waals surface area contributed by atoms with Gasteiger partial charge in [0.25, 0.3) is 5.91 Å². The molecule has 4 saturated heterocycles. The van der Waals surface area contributed by atoms with Gasteiger partial charge in [0.1, 0.15) is 18.1 Å². The van der Waals surface area contributed by atoms with Gasteiger partial charge in [0, 0.05) is 35.7 Å². The molecular weight excluding hydrogens is 915 g/mol. The lowest BCUT2D eigenvalue weighted by atomic mass is 9.72. The van der Waals surface area contributed by atoms with E-state index in [2.05, 4.69) is 36.6 Å². The first-order chi connectivity index (χ1) is 33.5. The van der Waals surface area contributed by atoms with E-state index in [-0.39, 0.29) is 41.6 Å². The number of aliphatic hydroxyl groups excluding tert-OH is 2. The minimum atomic E-state index is -1.41. The van der Waals surface area contributed by atoms with Crippen LogP contribution >= 0.6 is 0 Å². The fourth-order valence-corrected chi connectivity index (χ4v) is 12.3. The number of ether oxygens (including phenoxy) is 5. The van der Waals surface area contributed by atoms with Crippen LogP contribution in [0.5, 0.6) is 0 Å². The van der Waals surface area contributed by atoms with E-state index in [0.29, 0.717) is 69.9 Å². The van der Waals surface area contributed by atoms with Crippen LogP contribution < -0.4 is 10.9 Å². The van der Waals surface area contributed by atoms with E-state index in [1.165, 1.54) is 12.5 Å². The molecule has 1 aromatic carbocycles. The van der Waals surface area contributed by atoms with Crippen molar-refractivity contribution in [3.05, 3.63) is 70.2 Å². The number of carbonyl (C=O) groups is 3. The maximum absolute atomic E-state index is 14.7. The Morgan fingerprint density at radius 2 is 1.63 bits per heavy atom. The highest BCUT2D eigenvalue weighted by atomic mass is 16.8. The Kier molecular flexibility index (Phi) is 16.7. The summed E-state index contributed by atoms with van der Waals surface area (Å²) in [5, 5.41) is 45.7. The van der Waals surface area contributed by atoms with Crippen molar-refractivity contribution in [2.75, 3.05) is 0 Å². The van der Waals surface area contributed by atoms with Gasteiger partial charge in [0.2, 0.25) is 18.0 Å². The van der Waals surface area contributed by atoms with Crippen LogP contribution in [-0.2, 0) is 39.8 Å². The van der Waals surface area contributed by atoms with E-state index >= 15 is 0 Å². The van der Waals surface area contributed by atoms with Gasteiger partial charge in [0.15, 0.2) is 5.79 Å². The van der Waals surface area contributed by atoms with Crippen LogP contribution in [0.3, 0.4) is 0 Å². The number of nitro groups is 1. The van der Waals surface area contributed by atoms with Gasteiger partial charge in [-0.15, -0.1) is 0 Å². The summed E-state index contributed by atoms with van der Waals surface area (Å²) in [6.07, 6.45) is 7.44. The molecule has 71 heavy (non-hydrogen) atoms. The number of amides is 2. The van der Waals surface area contributed by atoms with Crippen molar-refractivity contribution in [2.45, 2.75) is 205 Å². The summed E-state index contributed by atoms with van der Waals surface area (Å²) in [5.74, 6) is -6.59. The number of Topliss-reactive ketones (excluding diaryl/α,β-unsaturated/α-hetero) is 1. The summed E-state index contributed by atoms with van der Waals surface area (Å²) in [7, 11) is 0. The molecule has 0 aliphatic carbocycles. The van der Waals surface area contributed by atoms with Crippen molar-refractivity contribution in [1.82, 2.24) is 20.4 Å². The smallest absolute Gasteiger partial charge is 0.381 e. The third-order valence-electron chi connectivity index (χ3n) is 17.2. The lowest BCUT2D eigenvalue weighted by Crippen LogP contribution is -2.63. The summed E-state index contributed by atoms with van der Waals surface area (Å²) >= 11 is 0. The SMILES string of the molecule is CC[C@@H](C(=O)[C@@H](C)[C@@H](O)[C@H](C)[C@@H]1O[C@@H]([C@@H](CC)C(=O)NNC(=O)c2ccc(Cn3cnc([N+](=O)[O-])c3)cc2)CCC1C)[C@H]1O[C@]2(C=C[C@@H](O)[C@]3(CC[C@@](C)([C@H]4CC[C@](O)(CC)[C@H](C)O4)O3)O2)[C@H](C)C[C@@H]1C. The molecule has 7 rings (SSSR count). The number of hydrazine groups is 1. The number of carbonyl (C=O) groups excluding carboxylic acids is 3. The molecule has 5 N–H and O–H groups in total. The highest BCUT2D eigenvalue weighted by molar-refractivity contribution is 5.95. The molecule has 394 valence electrons. The van der Waals surface area contributed by atoms with E-state index < -0.39 is 93.7 Å². The summed E-state index contributed by atoms with van der Waals surface area (Å²) in [6.45, 7) is 19.9. The lowest BCUT2D eigenvalue weighted by Gasteiger charge is -2.54. The predicted molar refractivity (Wildman–Crippen MR) is 261 cm³/mol. The average Bonchev–Trinajstić information content (AvgIpc) is 3.97. The Labute approximate surface area is 418 Å². The number of hydrogen-bond acceptors (Lipinski definition) is 14. The lowest BCUT2D eigenvalue weighted by molar-refractivity contribution is -0.409. The summed E-state index contributed by atoms with van der Waals surface area (Å²) in [6, 6.07) is 6.64. The van der Waals surface area contributed by atoms with Gasteiger partial charge in [-0.2, -0.15) is 0 Å². The highest BCUT2D eigenvalue weighted by Gasteiger charge is 2.63. The van der Waals surface area contributed by atoms with Crippen molar-refractivity contribution >= 4 is 23.4 Å². The molecule has 18 heteroatoms. The van der Waals surface area contributed by atoms with Crippen LogP contribution in [-0.4, -0.2) is 113 Å². The van der Waals surface area contributed by atoms with Crippen LogP contribution in [0, 0.1) is 51.5 Å². The molecular formula is C53H79N5O13. The van der Waals surface area contributed by atoms with Gasteiger partial charge in [-0.25, -0.2) is 0 Å². The molecule has 6 heterocycles. The fraction of sp³-hybridized carbons (Fsp3) is 0.736. The normalized spacial score (nSPS) is 37.2. The molecule has 2 spiro atoms. The molecule has 0 radical (unpaired) electrons. The largest absolute Gasteiger partial charge is 0.392 e. The maximum Gasteiger partial charge on any atom is 0.381 e. The van der Waals surface area contributed by atoms with Crippen molar-refractivity contribution in [3.63, 3.8) is 0 Å². The summed E-state index contributed by atoms with van der Waals surface area (Å²) in [5.41, 5.74) is 4.50. The number of aromatic nitrogens is 2. The predicted octanol–water partition coefficient (Wildman–Crippen LogP) is 6.72.